The van der Waals surface area contributed by atoms with Gasteiger partial charge in [-0.05, 0) is 0 Å². The predicted octanol–water partition coefficient (Wildman–Crippen LogP) is -0.979. The molecule has 0 saturated carbocycles. The topological polar surface area (TPSA) is 74.6 Å². The van der Waals surface area contributed by atoms with E-state index in [0.717, 1.165) is 0 Å². The molecule has 0 heterocycles. The molecule has 0 bridgehead atoms. The fourth-order valence-corrected chi connectivity index (χ4v) is 0. The molecule has 2 N–H and O–H groups in total. The molecule has 0 amide bonds. The van der Waals surface area contributed by atoms with Gasteiger partial charge < -0.3 is 10.2 Å². The Labute approximate surface area is 50.9 Å². The Hall–Kier alpha value is -0.528. The van der Waals surface area contributed by atoms with Crippen LogP contribution in [0.3, 0.4) is 0 Å². The van der Waals surface area contributed by atoms with Crippen LogP contribution in [-0.2, 0) is 9.59 Å². The van der Waals surface area contributed by atoms with E-state index in [1.54, 1.807) is 0 Å². The van der Waals surface area contributed by atoms with E-state index in [0.29, 0.717) is 0 Å². The Morgan fingerprint density at radius 1 is 1.00 bits per heavy atom. The molecule has 0 aromatic heterocycles. The van der Waals surface area contributed by atoms with Crippen molar-refractivity contribution in [1.82, 2.24) is 0 Å². The maximum absolute atomic E-state index is 8.36. The average molecular weight is 119 g/mol. The fourth-order valence-electron chi connectivity index (χ4n) is 0. The Bertz CT molecular complexity index is 30.7. The van der Waals surface area contributed by atoms with E-state index in [9.17, 15) is 0 Å². The summed E-state index contributed by atoms with van der Waals surface area (Å²) in [5.74, 6) is 0. The van der Waals surface area contributed by atoms with Crippen molar-refractivity contribution < 1.29 is 19.8 Å². The minimum atomic E-state index is -0.250. The third-order valence-corrected chi connectivity index (χ3v) is 0. The Kier molecular flexibility index (Phi) is 116. The van der Waals surface area contributed by atoms with Gasteiger partial charge in [0.15, 0.2) is 0 Å². The smallest absolute Gasteiger partial charge is 0.290 e. The Morgan fingerprint density at radius 2 is 1.00 bits per heavy atom. The first-order valence-electron chi connectivity index (χ1n) is 0.988. The Balaban J connectivity index is -0.0000000400. The van der Waals surface area contributed by atoms with E-state index < -0.39 is 0 Å². The van der Waals surface area contributed by atoms with E-state index >= 15 is 0 Å². The zero-order valence-corrected chi connectivity index (χ0v) is 4.60. The van der Waals surface area contributed by atoms with Gasteiger partial charge in [-0.3, -0.25) is 9.59 Å². The highest BCUT2D eigenvalue weighted by Crippen LogP contribution is 0.969. The van der Waals surface area contributed by atoms with Crippen molar-refractivity contribution in [2.24, 2.45) is 0 Å². The monoisotopic (exact) mass is 119 g/mol. The molecule has 0 unspecified atom stereocenters. The van der Waals surface area contributed by atoms with Gasteiger partial charge in [-0.2, -0.15) is 0 Å². The first kappa shape index (κ1) is 16.1. The molecule has 0 saturated heterocycles. The molecular weight excluding hydrogens is 115 g/mol. The number of carboxylic acid groups (broad SMARTS) is 2. The van der Waals surface area contributed by atoms with Gasteiger partial charge in [0, 0.05) is 17.4 Å². The Morgan fingerprint density at radius 3 is 1.00 bits per heavy atom. The van der Waals surface area contributed by atoms with Gasteiger partial charge in [-0.25, -0.2) is 0 Å². The molecule has 4 nitrogen and oxygen atoms in total. The molecule has 5 heteroatoms. The number of carbonyl (C=O) groups is 2. The van der Waals surface area contributed by atoms with Crippen molar-refractivity contribution in [3.63, 3.8) is 0 Å². The summed E-state index contributed by atoms with van der Waals surface area (Å²) < 4.78 is 0. The summed E-state index contributed by atoms with van der Waals surface area (Å²) in [4.78, 5) is 16.7. The number of hydrogen-bond donors (Lipinski definition) is 2. The van der Waals surface area contributed by atoms with Crippen molar-refractivity contribution in [1.29, 1.82) is 0 Å². The molecule has 0 fully saturated rings. The zero-order valence-electron chi connectivity index (χ0n) is 3.44. The molecule has 0 aliphatic carbocycles. The minimum Gasteiger partial charge on any atom is -0.483 e. The van der Waals surface area contributed by atoms with Crippen LogP contribution in [0, 0.1) is 0 Å². The lowest BCUT2D eigenvalue weighted by atomic mass is 11.7. The highest BCUT2D eigenvalue weighted by molar-refractivity contribution is 5.75. The van der Waals surface area contributed by atoms with Crippen LogP contribution < -0.4 is 0 Å². The molecule has 39 valence electrons. The average Bonchev–Trinajstić information content (AvgIpc) is 1.39. The van der Waals surface area contributed by atoms with E-state index in [1.165, 1.54) is 0 Å². The van der Waals surface area contributed by atoms with Crippen molar-refractivity contribution in [3.8, 4) is 0 Å². The van der Waals surface area contributed by atoms with E-state index in [1.807, 2.05) is 0 Å². The number of hydrogen-bond acceptors (Lipinski definition) is 2. The summed E-state index contributed by atoms with van der Waals surface area (Å²) in [7, 11) is 0. The second-order valence-corrected chi connectivity index (χ2v) is 0.211. The lowest BCUT2D eigenvalue weighted by molar-refractivity contribution is -0.123. The van der Waals surface area contributed by atoms with Crippen LogP contribution in [0.1, 0.15) is 0 Å². The highest BCUT2D eigenvalue weighted by atomic mass is 27.0. The van der Waals surface area contributed by atoms with Crippen LogP contribution in [0.2, 0.25) is 0 Å². The molecule has 0 atom stereocenters. The van der Waals surface area contributed by atoms with Gasteiger partial charge in [0.1, 0.15) is 0 Å². The third-order valence-electron chi connectivity index (χ3n) is 0. The van der Waals surface area contributed by atoms with Crippen molar-refractivity contribution >= 4 is 30.3 Å². The van der Waals surface area contributed by atoms with Gasteiger partial charge in [-0.1, -0.05) is 0 Å². The predicted molar refractivity (Wildman–Crippen MR) is 23.1 cm³/mol. The van der Waals surface area contributed by atoms with Crippen LogP contribution in [0.4, 0.5) is 0 Å². The minimum absolute atomic E-state index is 0. The number of rotatable bonds is 0. The summed E-state index contributed by atoms with van der Waals surface area (Å²) in [6.45, 7) is -0.500. The molecule has 0 aliphatic heterocycles. The molecule has 7 heavy (non-hydrogen) atoms. The maximum atomic E-state index is 8.36. The third kappa shape index (κ3) is 237. The fraction of sp³-hybridized carbons (Fsp3) is 0. The van der Waals surface area contributed by atoms with Crippen molar-refractivity contribution in [3.05, 3.63) is 0 Å². The van der Waals surface area contributed by atoms with Gasteiger partial charge >= 0.3 is 0 Å². The quantitative estimate of drug-likeness (QED) is 0.317. The molecule has 0 spiro atoms. The van der Waals surface area contributed by atoms with Gasteiger partial charge in [0.25, 0.3) is 12.9 Å². The van der Waals surface area contributed by atoms with Crippen LogP contribution in [0.15, 0.2) is 0 Å². The molecule has 0 aromatic carbocycles. The van der Waals surface area contributed by atoms with Crippen LogP contribution in [0.5, 0.6) is 0 Å². The lowest BCUT2D eigenvalue weighted by Crippen LogP contribution is -1.49. The molecule has 3 radical (unpaired) electrons. The van der Waals surface area contributed by atoms with Crippen molar-refractivity contribution in [2.45, 2.75) is 0 Å². The summed E-state index contributed by atoms with van der Waals surface area (Å²) >= 11 is 0. The highest BCUT2D eigenvalue weighted by Gasteiger charge is 1.22. The van der Waals surface area contributed by atoms with Crippen LogP contribution >= 0.6 is 0 Å². The largest absolute Gasteiger partial charge is 0.483 e. The van der Waals surface area contributed by atoms with Gasteiger partial charge in [0.2, 0.25) is 0 Å². The zero-order chi connectivity index (χ0) is 5.41. The summed E-state index contributed by atoms with van der Waals surface area (Å²) in [6, 6.07) is 0. The second-order valence-electron chi connectivity index (χ2n) is 0.211. The van der Waals surface area contributed by atoms with E-state index in [2.05, 4.69) is 0 Å². The lowest BCUT2D eigenvalue weighted by Gasteiger charge is -1.34. The first-order valence-corrected chi connectivity index (χ1v) is 0.988. The standard InChI is InChI=1S/2CH2O2.Al/c2*2-1-3;/h2*1H,(H,2,3);. The normalized spacial score (nSPS) is 3.43. The van der Waals surface area contributed by atoms with Crippen LogP contribution in [-0.4, -0.2) is 40.5 Å². The summed E-state index contributed by atoms with van der Waals surface area (Å²) in [6.07, 6.45) is 0. The maximum Gasteiger partial charge on any atom is 0.290 e. The van der Waals surface area contributed by atoms with E-state index in [4.69, 9.17) is 19.8 Å². The summed E-state index contributed by atoms with van der Waals surface area (Å²) in [5, 5.41) is 13.8. The van der Waals surface area contributed by atoms with Gasteiger partial charge in [-0.15, -0.1) is 0 Å². The van der Waals surface area contributed by atoms with E-state index in [-0.39, 0.29) is 30.3 Å². The second kappa shape index (κ2) is 50.5. The molecule has 0 aromatic rings. The molecule has 0 rings (SSSR count). The van der Waals surface area contributed by atoms with Crippen LogP contribution in [0.25, 0.3) is 0 Å². The van der Waals surface area contributed by atoms with Crippen molar-refractivity contribution in [2.75, 3.05) is 0 Å². The first-order chi connectivity index (χ1) is 2.83. The molecule has 0 aliphatic rings. The SMILES string of the molecule is O=CO.O=CO.[Al]. The van der Waals surface area contributed by atoms with Gasteiger partial charge in [0.05, 0.1) is 0 Å². The summed E-state index contributed by atoms with van der Waals surface area (Å²) in [5.41, 5.74) is 0. The molecular formula is C2H4AlO4.